The number of anilines is 1. The van der Waals surface area contributed by atoms with Gasteiger partial charge in [-0.05, 0) is 42.9 Å². The zero-order valence-corrected chi connectivity index (χ0v) is 11.9. The van der Waals surface area contributed by atoms with E-state index < -0.39 is 0 Å². The van der Waals surface area contributed by atoms with Crippen LogP contribution in [0.5, 0.6) is 0 Å². The van der Waals surface area contributed by atoms with Crippen LogP contribution in [0.25, 0.3) is 0 Å². The maximum Gasteiger partial charge on any atom is 0.0406 e. The van der Waals surface area contributed by atoms with Crippen molar-refractivity contribution in [2.24, 2.45) is 5.73 Å². The summed E-state index contributed by atoms with van der Waals surface area (Å²) in [7, 11) is 0. The van der Waals surface area contributed by atoms with E-state index in [1.807, 2.05) is 0 Å². The molecule has 1 saturated heterocycles. The lowest BCUT2D eigenvalue weighted by atomic mass is 9.85. The van der Waals surface area contributed by atoms with Gasteiger partial charge < -0.3 is 10.6 Å². The van der Waals surface area contributed by atoms with E-state index in [4.69, 9.17) is 5.73 Å². The van der Waals surface area contributed by atoms with Crippen LogP contribution in [-0.4, -0.2) is 19.1 Å². The zero-order valence-electron chi connectivity index (χ0n) is 11.9. The number of hydrogen-bond donors (Lipinski definition) is 1. The lowest BCUT2D eigenvalue weighted by Crippen LogP contribution is -2.33. The minimum atomic E-state index is 0.201. The predicted octanol–water partition coefficient (Wildman–Crippen LogP) is 3.30. The van der Waals surface area contributed by atoms with Crippen LogP contribution in [0.3, 0.4) is 0 Å². The van der Waals surface area contributed by atoms with Gasteiger partial charge in [-0.3, -0.25) is 0 Å². The van der Waals surface area contributed by atoms with Crippen LogP contribution in [-0.2, 0) is 5.41 Å². The summed E-state index contributed by atoms with van der Waals surface area (Å²) in [6.07, 6.45) is 3.69. The number of benzene rings is 1. The second-order valence-corrected chi connectivity index (χ2v) is 6.33. The monoisotopic (exact) mass is 246 g/mol. The molecule has 1 aliphatic heterocycles. The second-order valence-electron chi connectivity index (χ2n) is 6.33. The molecular formula is C16H26N2. The Kier molecular flexibility index (Phi) is 3.96. The van der Waals surface area contributed by atoms with Gasteiger partial charge in [0.05, 0.1) is 0 Å². The molecule has 1 fully saturated rings. The van der Waals surface area contributed by atoms with E-state index in [-0.39, 0.29) is 5.41 Å². The molecule has 2 rings (SSSR count). The quantitative estimate of drug-likeness (QED) is 0.886. The fraction of sp³-hybridized carbons (Fsp3) is 0.625. The standard InChI is InChI=1S/C16H26N2/c1-16(2,3)14-8-4-5-9-15(14)18-12-6-7-13(18)10-11-17/h4-5,8-9,13H,6-7,10-12,17H2,1-3H3. The van der Waals surface area contributed by atoms with E-state index in [0.29, 0.717) is 6.04 Å². The molecule has 18 heavy (non-hydrogen) atoms. The summed E-state index contributed by atoms with van der Waals surface area (Å²) < 4.78 is 0. The van der Waals surface area contributed by atoms with Gasteiger partial charge >= 0.3 is 0 Å². The largest absolute Gasteiger partial charge is 0.368 e. The lowest BCUT2D eigenvalue weighted by molar-refractivity contribution is 0.575. The van der Waals surface area contributed by atoms with Crippen molar-refractivity contribution < 1.29 is 0 Å². The summed E-state index contributed by atoms with van der Waals surface area (Å²) in [4.78, 5) is 2.58. The van der Waals surface area contributed by atoms with E-state index in [1.54, 1.807) is 0 Å². The Bertz CT molecular complexity index is 392. The fourth-order valence-electron chi connectivity index (χ4n) is 3.00. The van der Waals surface area contributed by atoms with Crippen molar-refractivity contribution in [3.63, 3.8) is 0 Å². The van der Waals surface area contributed by atoms with E-state index in [0.717, 1.165) is 13.0 Å². The maximum atomic E-state index is 5.75. The Morgan fingerprint density at radius 2 is 2.00 bits per heavy atom. The molecule has 1 heterocycles. The van der Waals surface area contributed by atoms with Crippen molar-refractivity contribution in [2.75, 3.05) is 18.0 Å². The third-order valence-corrected chi connectivity index (χ3v) is 3.90. The molecule has 2 heteroatoms. The van der Waals surface area contributed by atoms with Crippen LogP contribution in [0.2, 0.25) is 0 Å². The number of nitrogens with two attached hydrogens (primary N) is 1. The number of hydrogen-bond acceptors (Lipinski definition) is 2. The highest BCUT2D eigenvalue weighted by molar-refractivity contribution is 5.57. The lowest BCUT2D eigenvalue weighted by Gasteiger charge is -2.32. The van der Waals surface area contributed by atoms with Crippen molar-refractivity contribution in [3.05, 3.63) is 29.8 Å². The van der Waals surface area contributed by atoms with Crippen molar-refractivity contribution in [1.29, 1.82) is 0 Å². The molecule has 2 N–H and O–H groups in total. The third-order valence-electron chi connectivity index (χ3n) is 3.90. The van der Waals surface area contributed by atoms with E-state index >= 15 is 0 Å². The molecule has 1 unspecified atom stereocenters. The minimum Gasteiger partial charge on any atom is -0.368 e. The highest BCUT2D eigenvalue weighted by Crippen LogP contribution is 2.36. The summed E-state index contributed by atoms with van der Waals surface area (Å²) >= 11 is 0. The average molecular weight is 246 g/mol. The Balaban J connectivity index is 2.33. The topological polar surface area (TPSA) is 29.3 Å². The van der Waals surface area contributed by atoms with Gasteiger partial charge in [0.15, 0.2) is 0 Å². The normalized spacial score (nSPS) is 20.4. The van der Waals surface area contributed by atoms with Crippen LogP contribution in [0.1, 0.15) is 45.6 Å². The Labute approximate surface area is 111 Å². The molecule has 1 aromatic carbocycles. The maximum absolute atomic E-state index is 5.75. The Hall–Kier alpha value is -1.02. The first-order valence-corrected chi connectivity index (χ1v) is 7.10. The first-order valence-electron chi connectivity index (χ1n) is 7.10. The van der Waals surface area contributed by atoms with Gasteiger partial charge in [-0.15, -0.1) is 0 Å². The molecule has 0 amide bonds. The number of para-hydroxylation sites is 1. The van der Waals surface area contributed by atoms with Gasteiger partial charge in [-0.25, -0.2) is 0 Å². The van der Waals surface area contributed by atoms with E-state index in [1.165, 1.54) is 30.6 Å². The van der Waals surface area contributed by atoms with Gasteiger partial charge in [-0.2, -0.15) is 0 Å². The van der Waals surface area contributed by atoms with Gasteiger partial charge in [0.2, 0.25) is 0 Å². The summed E-state index contributed by atoms with van der Waals surface area (Å²) in [6.45, 7) is 8.84. The molecule has 1 aliphatic rings. The molecule has 0 saturated carbocycles. The van der Waals surface area contributed by atoms with Gasteiger partial charge in [0, 0.05) is 18.3 Å². The summed E-state index contributed by atoms with van der Waals surface area (Å²) in [5.41, 5.74) is 8.82. The molecule has 0 radical (unpaired) electrons. The highest BCUT2D eigenvalue weighted by atomic mass is 15.2. The van der Waals surface area contributed by atoms with Gasteiger partial charge in [0.25, 0.3) is 0 Å². The third kappa shape index (κ3) is 2.69. The zero-order chi connectivity index (χ0) is 13.2. The van der Waals surface area contributed by atoms with Crippen molar-refractivity contribution >= 4 is 5.69 Å². The predicted molar refractivity (Wildman–Crippen MR) is 79.2 cm³/mol. The van der Waals surface area contributed by atoms with Crippen LogP contribution < -0.4 is 10.6 Å². The Morgan fingerprint density at radius 1 is 1.28 bits per heavy atom. The number of nitrogens with zero attached hydrogens (tertiary/aromatic N) is 1. The van der Waals surface area contributed by atoms with Crippen LogP contribution >= 0.6 is 0 Å². The average Bonchev–Trinajstić information content (AvgIpc) is 2.77. The molecule has 0 bridgehead atoms. The highest BCUT2D eigenvalue weighted by Gasteiger charge is 2.28. The molecular weight excluding hydrogens is 220 g/mol. The van der Waals surface area contributed by atoms with E-state index in [2.05, 4.69) is 49.9 Å². The molecule has 0 spiro atoms. The first-order chi connectivity index (χ1) is 8.54. The van der Waals surface area contributed by atoms with E-state index in [9.17, 15) is 0 Å². The summed E-state index contributed by atoms with van der Waals surface area (Å²) in [6, 6.07) is 9.49. The molecule has 0 aliphatic carbocycles. The minimum absolute atomic E-state index is 0.201. The molecule has 1 atom stereocenters. The van der Waals surface area contributed by atoms with Crippen molar-refractivity contribution in [2.45, 2.75) is 51.5 Å². The SMILES string of the molecule is CC(C)(C)c1ccccc1N1CCCC1CCN. The second kappa shape index (κ2) is 5.31. The van der Waals surface area contributed by atoms with Gasteiger partial charge in [-0.1, -0.05) is 39.0 Å². The molecule has 2 nitrogen and oxygen atoms in total. The van der Waals surface area contributed by atoms with Crippen LogP contribution in [0, 0.1) is 0 Å². The smallest absolute Gasteiger partial charge is 0.0406 e. The molecule has 0 aromatic heterocycles. The first kappa shape index (κ1) is 13.4. The van der Waals surface area contributed by atoms with Crippen LogP contribution in [0.4, 0.5) is 5.69 Å². The molecule has 100 valence electrons. The fourth-order valence-corrected chi connectivity index (χ4v) is 3.00. The molecule has 1 aromatic rings. The Morgan fingerprint density at radius 3 is 2.67 bits per heavy atom. The van der Waals surface area contributed by atoms with Crippen molar-refractivity contribution in [3.8, 4) is 0 Å². The van der Waals surface area contributed by atoms with Crippen molar-refractivity contribution in [1.82, 2.24) is 0 Å². The van der Waals surface area contributed by atoms with Gasteiger partial charge in [0.1, 0.15) is 0 Å². The number of rotatable bonds is 3. The summed E-state index contributed by atoms with van der Waals surface area (Å²) in [5, 5.41) is 0. The van der Waals surface area contributed by atoms with Crippen LogP contribution in [0.15, 0.2) is 24.3 Å². The summed E-state index contributed by atoms with van der Waals surface area (Å²) in [5.74, 6) is 0.